The Morgan fingerprint density at radius 2 is 2.00 bits per heavy atom. The number of hydrogen-bond donors (Lipinski definition) is 0. The van der Waals surface area contributed by atoms with E-state index in [4.69, 9.17) is 27.9 Å². The molecule has 1 atom stereocenters. The number of ether oxygens (including phenoxy) is 1. The number of rotatable bonds is 5. The summed E-state index contributed by atoms with van der Waals surface area (Å²) in [5, 5.41) is 5.19. The molecule has 1 fully saturated rings. The predicted octanol–water partition coefficient (Wildman–Crippen LogP) is 3.40. The first-order chi connectivity index (χ1) is 11.3. The molecule has 7 heteroatoms. The van der Waals surface area contributed by atoms with Crippen LogP contribution in [0, 0.1) is 11.8 Å². The maximum atomic E-state index is 12.5. The summed E-state index contributed by atoms with van der Waals surface area (Å²) in [7, 11) is 0. The van der Waals surface area contributed by atoms with E-state index in [9.17, 15) is 9.59 Å². The van der Waals surface area contributed by atoms with Gasteiger partial charge in [0.15, 0.2) is 5.69 Å². The average Bonchev–Trinajstić information content (AvgIpc) is 3.14. The van der Waals surface area contributed by atoms with E-state index in [1.54, 1.807) is 24.3 Å². The normalized spacial score (nSPS) is 18.8. The molecule has 0 aliphatic heterocycles. The van der Waals surface area contributed by atoms with Crippen molar-refractivity contribution in [1.82, 2.24) is 9.78 Å². The second-order valence-corrected chi connectivity index (χ2v) is 8.08. The van der Waals surface area contributed by atoms with Crippen LogP contribution in [0.15, 0.2) is 29.1 Å². The summed E-state index contributed by atoms with van der Waals surface area (Å²) < 4.78 is 5.84. The SMILES string of the molecule is CC(C)Cn1nc(C(=O)OC[C@H]2CC2(Cl)Cl)c2ccccc2c1=O. The van der Waals surface area contributed by atoms with Gasteiger partial charge in [-0.25, -0.2) is 9.48 Å². The van der Waals surface area contributed by atoms with E-state index in [-0.39, 0.29) is 29.7 Å². The molecule has 2 aromatic rings. The molecule has 5 nitrogen and oxygen atoms in total. The van der Waals surface area contributed by atoms with Crippen LogP contribution >= 0.6 is 23.2 Å². The number of nitrogens with zero attached hydrogens (tertiary/aromatic N) is 2. The van der Waals surface area contributed by atoms with E-state index in [0.717, 1.165) is 0 Å². The molecule has 0 saturated heterocycles. The van der Waals surface area contributed by atoms with Crippen molar-refractivity contribution < 1.29 is 9.53 Å². The van der Waals surface area contributed by atoms with Gasteiger partial charge in [-0.1, -0.05) is 32.0 Å². The van der Waals surface area contributed by atoms with Crippen LogP contribution in [0.2, 0.25) is 0 Å². The lowest BCUT2D eigenvalue weighted by molar-refractivity contribution is 0.0477. The van der Waals surface area contributed by atoms with E-state index < -0.39 is 10.3 Å². The van der Waals surface area contributed by atoms with Crippen molar-refractivity contribution in [1.29, 1.82) is 0 Å². The van der Waals surface area contributed by atoms with Gasteiger partial charge in [0, 0.05) is 17.8 Å². The van der Waals surface area contributed by atoms with Gasteiger partial charge in [-0.05, 0) is 18.4 Å². The predicted molar refractivity (Wildman–Crippen MR) is 93.7 cm³/mol. The second-order valence-electron chi connectivity index (χ2n) is 6.54. The molecule has 1 aliphatic rings. The van der Waals surface area contributed by atoms with Crippen LogP contribution in [0.1, 0.15) is 30.8 Å². The Bertz CT molecular complexity index is 845. The lowest BCUT2D eigenvalue weighted by Gasteiger charge is -2.12. The first kappa shape index (κ1) is 17.2. The number of hydrogen-bond acceptors (Lipinski definition) is 4. The third kappa shape index (κ3) is 3.42. The minimum absolute atomic E-state index is 0.0578. The van der Waals surface area contributed by atoms with Crippen LogP contribution < -0.4 is 5.56 Å². The van der Waals surface area contributed by atoms with Gasteiger partial charge < -0.3 is 4.74 Å². The number of fused-ring (bicyclic) bond motifs is 1. The molecular weight excluding hydrogens is 351 g/mol. The third-order valence-electron chi connectivity index (χ3n) is 3.97. The van der Waals surface area contributed by atoms with Crippen molar-refractivity contribution in [3.63, 3.8) is 0 Å². The summed E-state index contributed by atoms with van der Waals surface area (Å²) >= 11 is 11.9. The smallest absolute Gasteiger partial charge is 0.359 e. The number of alkyl halides is 2. The number of carbonyl (C=O) groups is 1. The van der Waals surface area contributed by atoms with Gasteiger partial charge in [-0.15, -0.1) is 23.2 Å². The van der Waals surface area contributed by atoms with E-state index >= 15 is 0 Å². The average molecular weight is 369 g/mol. The highest BCUT2D eigenvalue weighted by atomic mass is 35.5. The minimum Gasteiger partial charge on any atom is -0.460 e. The summed E-state index contributed by atoms with van der Waals surface area (Å²) in [4.78, 5) is 25.0. The zero-order valence-corrected chi connectivity index (χ0v) is 15.0. The van der Waals surface area contributed by atoms with Gasteiger partial charge in [-0.2, -0.15) is 5.10 Å². The van der Waals surface area contributed by atoms with Gasteiger partial charge in [0.1, 0.15) is 4.33 Å². The van der Waals surface area contributed by atoms with Crippen molar-refractivity contribution in [2.75, 3.05) is 6.61 Å². The van der Waals surface area contributed by atoms with Gasteiger partial charge in [0.05, 0.1) is 12.0 Å². The molecule has 128 valence electrons. The van der Waals surface area contributed by atoms with Crippen LogP contribution in [0.5, 0.6) is 0 Å². The summed E-state index contributed by atoms with van der Waals surface area (Å²) in [6, 6.07) is 6.91. The van der Waals surface area contributed by atoms with Crippen LogP contribution in [-0.4, -0.2) is 26.7 Å². The fourth-order valence-corrected chi connectivity index (χ4v) is 3.05. The van der Waals surface area contributed by atoms with E-state index in [1.807, 2.05) is 13.8 Å². The molecule has 1 heterocycles. The first-order valence-corrected chi connectivity index (χ1v) is 8.60. The van der Waals surface area contributed by atoms with E-state index in [2.05, 4.69) is 5.10 Å². The molecule has 0 N–H and O–H groups in total. The molecular formula is C17H18Cl2N2O3. The van der Waals surface area contributed by atoms with Gasteiger partial charge in [0.2, 0.25) is 0 Å². The van der Waals surface area contributed by atoms with Crippen molar-refractivity contribution in [3.05, 3.63) is 40.3 Å². The minimum atomic E-state index is -0.799. The molecule has 0 radical (unpaired) electrons. The molecule has 0 unspecified atom stereocenters. The molecule has 1 aliphatic carbocycles. The highest BCUT2D eigenvalue weighted by molar-refractivity contribution is 6.50. The van der Waals surface area contributed by atoms with Gasteiger partial charge in [0.25, 0.3) is 5.56 Å². The maximum Gasteiger partial charge on any atom is 0.359 e. The summed E-state index contributed by atoms with van der Waals surface area (Å²) in [5.41, 5.74) is -0.0696. The molecule has 1 aromatic carbocycles. The Balaban J connectivity index is 1.95. The lowest BCUT2D eigenvalue weighted by atomic mass is 10.1. The highest BCUT2D eigenvalue weighted by Crippen LogP contribution is 2.53. The number of benzene rings is 1. The van der Waals surface area contributed by atoms with Gasteiger partial charge in [-0.3, -0.25) is 4.79 Å². The Kier molecular flexibility index (Phi) is 4.58. The largest absolute Gasteiger partial charge is 0.460 e. The van der Waals surface area contributed by atoms with Crippen LogP contribution in [0.3, 0.4) is 0 Å². The Hall–Kier alpha value is -1.59. The molecule has 0 bridgehead atoms. The molecule has 0 amide bonds. The highest BCUT2D eigenvalue weighted by Gasteiger charge is 2.52. The fourth-order valence-electron chi connectivity index (χ4n) is 2.55. The van der Waals surface area contributed by atoms with Crippen LogP contribution in [0.4, 0.5) is 0 Å². The topological polar surface area (TPSA) is 61.2 Å². The summed E-state index contributed by atoms with van der Waals surface area (Å²) in [6.45, 7) is 4.54. The Morgan fingerprint density at radius 3 is 2.58 bits per heavy atom. The number of carbonyl (C=O) groups excluding carboxylic acids is 1. The second kappa shape index (κ2) is 6.37. The number of aromatic nitrogens is 2. The summed E-state index contributed by atoms with van der Waals surface area (Å²) in [6.07, 6.45) is 0.602. The van der Waals surface area contributed by atoms with E-state index in [1.165, 1.54) is 4.68 Å². The van der Waals surface area contributed by atoms with Crippen molar-refractivity contribution >= 4 is 39.9 Å². The van der Waals surface area contributed by atoms with Crippen LogP contribution in [-0.2, 0) is 11.3 Å². The quantitative estimate of drug-likeness (QED) is 0.599. The zero-order valence-electron chi connectivity index (χ0n) is 13.5. The Labute approximate surface area is 149 Å². The fraction of sp³-hybridized carbons (Fsp3) is 0.471. The monoisotopic (exact) mass is 368 g/mol. The van der Waals surface area contributed by atoms with Gasteiger partial charge >= 0.3 is 5.97 Å². The third-order valence-corrected chi connectivity index (χ3v) is 4.90. The molecule has 3 rings (SSSR count). The molecule has 1 aromatic heterocycles. The summed E-state index contributed by atoms with van der Waals surface area (Å²) in [5.74, 6) is -0.405. The van der Waals surface area contributed by atoms with E-state index in [0.29, 0.717) is 23.7 Å². The van der Waals surface area contributed by atoms with Crippen molar-refractivity contribution in [2.24, 2.45) is 11.8 Å². The van der Waals surface area contributed by atoms with Crippen molar-refractivity contribution in [2.45, 2.75) is 31.1 Å². The molecule has 0 spiro atoms. The zero-order chi connectivity index (χ0) is 17.5. The van der Waals surface area contributed by atoms with Crippen LogP contribution in [0.25, 0.3) is 10.8 Å². The maximum absolute atomic E-state index is 12.5. The Morgan fingerprint density at radius 1 is 1.38 bits per heavy atom. The number of halogens is 2. The standard InChI is InChI=1S/C17H18Cl2N2O3/c1-10(2)8-21-15(22)13-6-4-3-5-12(13)14(20-21)16(23)24-9-11-7-17(11,18)19/h3-6,10-11H,7-9H2,1-2H3/t11-/m1/s1. The lowest BCUT2D eigenvalue weighted by Crippen LogP contribution is -2.28. The number of esters is 1. The first-order valence-electron chi connectivity index (χ1n) is 7.84. The molecule has 24 heavy (non-hydrogen) atoms. The van der Waals surface area contributed by atoms with Crippen molar-refractivity contribution in [3.8, 4) is 0 Å². The molecule has 1 saturated carbocycles.